The van der Waals surface area contributed by atoms with Crippen molar-refractivity contribution in [1.82, 2.24) is 9.80 Å². The van der Waals surface area contributed by atoms with Gasteiger partial charge in [-0.15, -0.1) is 0 Å². The number of piperazine rings is 1. The van der Waals surface area contributed by atoms with Crippen LogP contribution < -0.4 is 14.8 Å². The standard InChI is InChI=1S/C24H33N3O3/c1-5-19-6-8-21(9-7-19)25-24(28)17-27-12-10-26(11-13-27)16-20-15-23(30-4)22(29-3)14-18(20)2/h6-9,14-15H,5,10-13,16-17H2,1-4H3,(H,25,28). The molecule has 1 saturated heterocycles. The molecule has 1 fully saturated rings. The quantitative estimate of drug-likeness (QED) is 0.722. The third-order valence-corrected chi connectivity index (χ3v) is 5.71. The number of methoxy groups -OCH3 is 2. The minimum Gasteiger partial charge on any atom is -0.493 e. The second-order valence-electron chi connectivity index (χ2n) is 7.78. The molecule has 0 unspecified atom stereocenters. The average Bonchev–Trinajstić information content (AvgIpc) is 2.76. The highest BCUT2D eigenvalue weighted by Crippen LogP contribution is 2.31. The van der Waals surface area contributed by atoms with Crippen molar-refractivity contribution in [1.29, 1.82) is 0 Å². The molecule has 6 nitrogen and oxygen atoms in total. The molecule has 1 aliphatic rings. The van der Waals surface area contributed by atoms with E-state index in [1.807, 2.05) is 18.2 Å². The SMILES string of the molecule is CCc1ccc(NC(=O)CN2CCN(Cc3cc(OC)c(OC)cc3C)CC2)cc1. The lowest BCUT2D eigenvalue weighted by molar-refractivity contribution is -0.117. The van der Waals surface area contributed by atoms with Crippen LogP contribution in [0.3, 0.4) is 0 Å². The summed E-state index contributed by atoms with van der Waals surface area (Å²) in [5.41, 5.74) is 4.58. The van der Waals surface area contributed by atoms with Gasteiger partial charge in [0.05, 0.1) is 20.8 Å². The number of benzene rings is 2. The number of ether oxygens (including phenoxy) is 2. The molecule has 1 heterocycles. The first kappa shape index (κ1) is 22.1. The zero-order chi connectivity index (χ0) is 21.5. The number of carbonyl (C=O) groups excluding carboxylic acids is 1. The van der Waals surface area contributed by atoms with E-state index in [4.69, 9.17) is 9.47 Å². The molecular formula is C24H33N3O3. The Morgan fingerprint density at radius 1 is 0.967 bits per heavy atom. The first-order valence-electron chi connectivity index (χ1n) is 10.6. The van der Waals surface area contributed by atoms with E-state index < -0.39 is 0 Å². The third kappa shape index (κ3) is 5.74. The van der Waals surface area contributed by atoms with Crippen molar-refractivity contribution < 1.29 is 14.3 Å². The van der Waals surface area contributed by atoms with Gasteiger partial charge in [0.1, 0.15) is 0 Å². The molecule has 0 aliphatic carbocycles. The molecule has 6 heteroatoms. The van der Waals surface area contributed by atoms with Crippen LogP contribution in [0.5, 0.6) is 11.5 Å². The van der Waals surface area contributed by atoms with E-state index in [-0.39, 0.29) is 5.91 Å². The minimum atomic E-state index is 0.0448. The number of nitrogens with one attached hydrogen (secondary N) is 1. The smallest absolute Gasteiger partial charge is 0.238 e. The van der Waals surface area contributed by atoms with Gasteiger partial charge in [0.15, 0.2) is 11.5 Å². The molecule has 0 saturated carbocycles. The summed E-state index contributed by atoms with van der Waals surface area (Å²) in [6.45, 7) is 9.17. The zero-order valence-corrected chi connectivity index (χ0v) is 18.5. The molecule has 0 radical (unpaired) electrons. The van der Waals surface area contributed by atoms with Crippen LogP contribution in [-0.4, -0.2) is 62.7 Å². The molecule has 0 bridgehead atoms. The van der Waals surface area contributed by atoms with Crippen molar-refractivity contribution in [2.45, 2.75) is 26.8 Å². The molecule has 30 heavy (non-hydrogen) atoms. The monoisotopic (exact) mass is 411 g/mol. The first-order valence-corrected chi connectivity index (χ1v) is 10.6. The van der Waals surface area contributed by atoms with Crippen molar-refractivity contribution in [2.24, 2.45) is 0 Å². The highest BCUT2D eigenvalue weighted by molar-refractivity contribution is 5.92. The van der Waals surface area contributed by atoms with Crippen LogP contribution in [0, 0.1) is 6.92 Å². The summed E-state index contributed by atoms with van der Waals surface area (Å²) < 4.78 is 10.8. The fourth-order valence-electron chi connectivity index (χ4n) is 3.77. The number of anilines is 1. The summed E-state index contributed by atoms with van der Waals surface area (Å²) in [4.78, 5) is 17.0. The molecular weight excluding hydrogens is 378 g/mol. The predicted octanol–water partition coefficient (Wildman–Crippen LogP) is 3.33. The Balaban J connectivity index is 1.48. The number of amides is 1. The molecule has 1 aliphatic heterocycles. The van der Waals surface area contributed by atoms with Gasteiger partial charge in [0.2, 0.25) is 5.91 Å². The van der Waals surface area contributed by atoms with Crippen molar-refractivity contribution in [3.05, 3.63) is 53.1 Å². The molecule has 2 aromatic carbocycles. The second-order valence-corrected chi connectivity index (χ2v) is 7.78. The number of hydrogen-bond donors (Lipinski definition) is 1. The summed E-state index contributed by atoms with van der Waals surface area (Å²) in [5.74, 6) is 1.57. The van der Waals surface area contributed by atoms with E-state index in [1.165, 1.54) is 16.7 Å². The Hall–Kier alpha value is -2.57. The molecule has 0 atom stereocenters. The van der Waals surface area contributed by atoms with Gasteiger partial charge >= 0.3 is 0 Å². The minimum absolute atomic E-state index is 0.0448. The molecule has 1 N–H and O–H groups in total. The zero-order valence-electron chi connectivity index (χ0n) is 18.5. The van der Waals surface area contributed by atoms with Gasteiger partial charge in [-0.05, 0) is 54.3 Å². The highest BCUT2D eigenvalue weighted by atomic mass is 16.5. The molecule has 0 aromatic heterocycles. The third-order valence-electron chi connectivity index (χ3n) is 5.71. The Morgan fingerprint density at radius 3 is 2.17 bits per heavy atom. The van der Waals surface area contributed by atoms with Crippen LogP contribution in [0.1, 0.15) is 23.6 Å². The fourth-order valence-corrected chi connectivity index (χ4v) is 3.77. The van der Waals surface area contributed by atoms with Crippen molar-refractivity contribution in [3.63, 3.8) is 0 Å². The van der Waals surface area contributed by atoms with Gasteiger partial charge in [-0.2, -0.15) is 0 Å². The van der Waals surface area contributed by atoms with E-state index in [1.54, 1.807) is 14.2 Å². The largest absolute Gasteiger partial charge is 0.493 e. The van der Waals surface area contributed by atoms with E-state index in [9.17, 15) is 4.79 Å². The van der Waals surface area contributed by atoms with Gasteiger partial charge in [-0.25, -0.2) is 0 Å². The van der Waals surface area contributed by atoms with Gasteiger partial charge in [0, 0.05) is 38.4 Å². The normalized spacial score (nSPS) is 15.1. The molecule has 162 valence electrons. The Kier molecular flexibility index (Phi) is 7.71. The molecule has 1 amide bonds. The van der Waals surface area contributed by atoms with E-state index in [0.717, 1.165) is 56.3 Å². The summed E-state index contributed by atoms with van der Waals surface area (Å²) >= 11 is 0. The van der Waals surface area contributed by atoms with Crippen molar-refractivity contribution in [3.8, 4) is 11.5 Å². The maximum atomic E-state index is 12.4. The van der Waals surface area contributed by atoms with Crippen LogP contribution in [0.2, 0.25) is 0 Å². The molecule has 2 aromatic rings. The van der Waals surface area contributed by atoms with Gasteiger partial charge in [-0.3, -0.25) is 14.6 Å². The van der Waals surface area contributed by atoms with Crippen molar-refractivity contribution >= 4 is 11.6 Å². The van der Waals surface area contributed by atoms with Crippen LogP contribution in [0.25, 0.3) is 0 Å². The average molecular weight is 412 g/mol. The first-order chi connectivity index (χ1) is 14.5. The van der Waals surface area contributed by atoms with Crippen LogP contribution in [0.4, 0.5) is 5.69 Å². The Bertz CT molecular complexity index is 844. The lowest BCUT2D eigenvalue weighted by atomic mass is 10.1. The second kappa shape index (κ2) is 10.5. The number of carbonyl (C=O) groups is 1. The summed E-state index contributed by atoms with van der Waals surface area (Å²) in [6.07, 6.45) is 1.00. The van der Waals surface area contributed by atoms with Crippen molar-refractivity contribution in [2.75, 3.05) is 52.3 Å². The molecule has 3 rings (SSSR count). The predicted molar refractivity (Wildman–Crippen MR) is 120 cm³/mol. The maximum Gasteiger partial charge on any atom is 0.238 e. The van der Waals surface area contributed by atoms with Gasteiger partial charge in [0.25, 0.3) is 0 Å². The number of hydrogen-bond acceptors (Lipinski definition) is 5. The topological polar surface area (TPSA) is 54.0 Å². The lowest BCUT2D eigenvalue weighted by Crippen LogP contribution is -2.48. The summed E-state index contributed by atoms with van der Waals surface area (Å²) in [5, 5.41) is 3.00. The van der Waals surface area contributed by atoms with E-state index in [2.05, 4.69) is 47.2 Å². The lowest BCUT2D eigenvalue weighted by Gasteiger charge is -2.34. The fraction of sp³-hybridized carbons (Fsp3) is 0.458. The van der Waals surface area contributed by atoms with Gasteiger partial charge < -0.3 is 14.8 Å². The maximum absolute atomic E-state index is 12.4. The van der Waals surface area contributed by atoms with E-state index in [0.29, 0.717) is 6.54 Å². The Morgan fingerprint density at radius 2 is 1.57 bits per heavy atom. The number of rotatable bonds is 8. The number of aryl methyl sites for hydroxylation is 2. The van der Waals surface area contributed by atoms with Crippen LogP contribution >= 0.6 is 0 Å². The number of nitrogens with zero attached hydrogens (tertiary/aromatic N) is 2. The Labute approximate surface area is 179 Å². The van der Waals surface area contributed by atoms with E-state index >= 15 is 0 Å². The summed E-state index contributed by atoms with van der Waals surface area (Å²) in [6, 6.07) is 12.2. The van der Waals surface area contributed by atoms with Crippen LogP contribution in [0.15, 0.2) is 36.4 Å². The van der Waals surface area contributed by atoms with Crippen LogP contribution in [-0.2, 0) is 17.8 Å². The molecule has 0 spiro atoms. The highest BCUT2D eigenvalue weighted by Gasteiger charge is 2.20. The summed E-state index contributed by atoms with van der Waals surface area (Å²) in [7, 11) is 3.32. The van der Waals surface area contributed by atoms with Gasteiger partial charge in [-0.1, -0.05) is 19.1 Å².